The van der Waals surface area contributed by atoms with E-state index >= 15 is 0 Å². The number of carbonyl (C=O) groups is 2. The Morgan fingerprint density at radius 2 is 1.68 bits per heavy atom. The third-order valence-corrected chi connectivity index (χ3v) is 4.85. The Labute approximate surface area is 130 Å². The van der Waals surface area contributed by atoms with E-state index in [2.05, 4.69) is 21.9 Å². The molecule has 1 fully saturated rings. The first-order valence-electron chi connectivity index (χ1n) is 7.64. The molecule has 2 aliphatic rings. The van der Waals surface area contributed by atoms with Crippen LogP contribution < -0.4 is 16.4 Å². The molecule has 0 radical (unpaired) electrons. The first-order valence-corrected chi connectivity index (χ1v) is 7.64. The number of fused-ring (bicyclic) bond motifs is 2. The lowest BCUT2D eigenvalue weighted by Crippen LogP contribution is -2.48. The minimum atomic E-state index is -0.307. The van der Waals surface area contributed by atoms with Crippen LogP contribution in [0.4, 0.5) is 5.69 Å². The lowest BCUT2D eigenvalue weighted by Gasteiger charge is -2.39. The highest BCUT2D eigenvalue weighted by Gasteiger charge is 2.44. The van der Waals surface area contributed by atoms with Gasteiger partial charge < -0.3 is 16.4 Å². The van der Waals surface area contributed by atoms with E-state index in [4.69, 9.17) is 11.5 Å². The van der Waals surface area contributed by atoms with Gasteiger partial charge in [0.1, 0.15) is 0 Å². The van der Waals surface area contributed by atoms with E-state index < -0.39 is 0 Å². The van der Waals surface area contributed by atoms with E-state index in [9.17, 15) is 9.59 Å². The van der Waals surface area contributed by atoms with Crippen LogP contribution in [0, 0.1) is 0 Å². The predicted octanol–water partition coefficient (Wildman–Crippen LogP) is -0.189. The van der Waals surface area contributed by atoms with E-state index in [1.165, 1.54) is 5.56 Å². The zero-order valence-electron chi connectivity index (χ0n) is 12.6. The van der Waals surface area contributed by atoms with Crippen molar-refractivity contribution in [1.82, 2.24) is 4.90 Å². The maximum absolute atomic E-state index is 11.3. The lowest BCUT2D eigenvalue weighted by molar-refractivity contribution is -0.119. The van der Waals surface area contributed by atoms with Gasteiger partial charge in [-0.05, 0) is 37.6 Å². The fraction of sp³-hybridized carbons (Fsp3) is 0.500. The molecule has 6 heteroatoms. The second-order valence-electron chi connectivity index (χ2n) is 6.36. The molecule has 0 unspecified atom stereocenters. The van der Waals surface area contributed by atoms with Crippen molar-refractivity contribution in [1.29, 1.82) is 0 Å². The Bertz CT molecular complexity index is 594. The largest absolute Gasteiger partial charge is 0.369 e. The Hall–Kier alpha value is -2.08. The Kier molecular flexibility index (Phi) is 3.78. The van der Waals surface area contributed by atoms with Crippen molar-refractivity contribution in [3.8, 4) is 0 Å². The van der Waals surface area contributed by atoms with E-state index in [0.717, 1.165) is 38.2 Å². The summed E-state index contributed by atoms with van der Waals surface area (Å²) in [6.07, 6.45) is 1.93. The lowest BCUT2D eigenvalue weighted by atomic mass is 9.74. The first kappa shape index (κ1) is 14.8. The molecule has 0 aliphatic carbocycles. The summed E-state index contributed by atoms with van der Waals surface area (Å²) in [5.74, 6) is -0.587. The predicted molar refractivity (Wildman–Crippen MR) is 84.4 cm³/mol. The molecule has 3 rings (SSSR count). The molecule has 1 aromatic carbocycles. The number of primary amides is 2. The highest BCUT2D eigenvalue weighted by atomic mass is 16.1. The fourth-order valence-corrected chi connectivity index (χ4v) is 3.85. The Morgan fingerprint density at radius 1 is 1.05 bits per heavy atom. The number of hydrogen-bond acceptors (Lipinski definition) is 4. The van der Waals surface area contributed by atoms with Gasteiger partial charge in [-0.3, -0.25) is 14.5 Å². The minimum absolute atomic E-state index is 0.0557. The summed E-state index contributed by atoms with van der Waals surface area (Å²) in [7, 11) is 0. The average molecular weight is 302 g/mol. The van der Waals surface area contributed by atoms with Gasteiger partial charge in [-0.25, -0.2) is 0 Å². The highest BCUT2D eigenvalue weighted by molar-refractivity contribution is 5.81. The number of benzene rings is 1. The fourth-order valence-electron chi connectivity index (χ4n) is 3.85. The second-order valence-corrected chi connectivity index (χ2v) is 6.36. The molecule has 2 amide bonds. The first-order chi connectivity index (χ1) is 10.5. The number of carbonyl (C=O) groups excluding carboxylic acids is 2. The van der Waals surface area contributed by atoms with Crippen molar-refractivity contribution >= 4 is 17.5 Å². The smallest absolute Gasteiger partial charge is 0.236 e. The van der Waals surface area contributed by atoms with Gasteiger partial charge in [0.15, 0.2) is 0 Å². The van der Waals surface area contributed by atoms with Crippen LogP contribution >= 0.6 is 0 Å². The topological polar surface area (TPSA) is 92.7 Å². The van der Waals surface area contributed by atoms with Gasteiger partial charge in [0.25, 0.3) is 0 Å². The van der Waals surface area contributed by atoms with Crippen LogP contribution in [0.15, 0.2) is 24.3 Å². The SMILES string of the molecule is NC(=O)CN1CCC2(CC1)CN(CC(N)=O)c1ccccc12. The van der Waals surface area contributed by atoms with Crippen LogP contribution in [0.3, 0.4) is 0 Å². The van der Waals surface area contributed by atoms with Crippen LogP contribution in [0.5, 0.6) is 0 Å². The number of para-hydroxylation sites is 1. The van der Waals surface area contributed by atoms with E-state index in [1.54, 1.807) is 0 Å². The number of nitrogens with zero attached hydrogens (tertiary/aromatic N) is 2. The third kappa shape index (κ3) is 2.66. The van der Waals surface area contributed by atoms with Crippen molar-refractivity contribution in [2.75, 3.05) is 37.6 Å². The zero-order valence-corrected chi connectivity index (χ0v) is 12.6. The molecule has 2 aliphatic heterocycles. The second kappa shape index (κ2) is 5.61. The number of rotatable bonds is 4. The van der Waals surface area contributed by atoms with Crippen LogP contribution in [0.1, 0.15) is 18.4 Å². The number of piperidine rings is 1. The van der Waals surface area contributed by atoms with Gasteiger partial charge in [0.2, 0.25) is 11.8 Å². The van der Waals surface area contributed by atoms with Crippen LogP contribution in [-0.4, -0.2) is 49.4 Å². The monoisotopic (exact) mass is 302 g/mol. The minimum Gasteiger partial charge on any atom is -0.369 e. The molecule has 0 bridgehead atoms. The summed E-state index contributed by atoms with van der Waals surface area (Å²) in [4.78, 5) is 26.6. The van der Waals surface area contributed by atoms with Crippen molar-refractivity contribution in [2.45, 2.75) is 18.3 Å². The van der Waals surface area contributed by atoms with Crippen LogP contribution in [0.25, 0.3) is 0 Å². The molecular formula is C16H22N4O2. The molecular weight excluding hydrogens is 280 g/mol. The van der Waals surface area contributed by atoms with Gasteiger partial charge in [-0.1, -0.05) is 18.2 Å². The number of likely N-dealkylation sites (tertiary alicyclic amines) is 1. The summed E-state index contributed by atoms with van der Waals surface area (Å²) in [5.41, 5.74) is 13.1. The van der Waals surface area contributed by atoms with Gasteiger partial charge in [-0.15, -0.1) is 0 Å². The van der Waals surface area contributed by atoms with E-state index in [1.807, 2.05) is 12.1 Å². The summed E-state index contributed by atoms with van der Waals surface area (Å²) in [6.45, 7) is 3.09. The van der Waals surface area contributed by atoms with Crippen LogP contribution in [-0.2, 0) is 15.0 Å². The average Bonchev–Trinajstić information content (AvgIpc) is 2.75. The Morgan fingerprint density at radius 3 is 2.32 bits per heavy atom. The van der Waals surface area contributed by atoms with Gasteiger partial charge in [0.05, 0.1) is 13.1 Å². The molecule has 4 N–H and O–H groups in total. The molecule has 0 aromatic heterocycles. The molecule has 0 atom stereocenters. The van der Waals surface area contributed by atoms with Crippen molar-refractivity contribution in [3.05, 3.63) is 29.8 Å². The zero-order chi connectivity index (χ0) is 15.7. The maximum Gasteiger partial charge on any atom is 0.236 e. The quantitative estimate of drug-likeness (QED) is 0.806. The van der Waals surface area contributed by atoms with Gasteiger partial charge in [0, 0.05) is 17.6 Å². The summed E-state index contributed by atoms with van der Waals surface area (Å²) in [6, 6.07) is 8.25. The summed E-state index contributed by atoms with van der Waals surface area (Å²) >= 11 is 0. The number of nitrogens with two attached hydrogens (primary N) is 2. The van der Waals surface area contributed by atoms with Crippen molar-refractivity contribution in [3.63, 3.8) is 0 Å². The molecule has 118 valence electrons. The molecule has 6 nitrogen and oxygen atoms in total. The Balaban J connectivity index is 1.81. The van der Waals surface area contributed by atoms with Crippen molar-refractivity contribution < 1.29 is 9.59 Å². The molecule has 1 aromatic rings. The molecule has 1 saturated heterocycles. The molecule has 2 heterocycles. The van der Waals surface area contributed by atoms with Crippen LogP contribution in [0.2, 0.25) is 0 Å². The standard InChI is InChI=1S/C16H22N4O2/c17-14(21)9-19-7-5-16(6-8-19)11-20(10-15(18)22)13-4-2-1-3-12(13)16/h1-4H,5-11H2,(H2,17,21)(H2,18,22). The molecule has 1 spiro atoms. The molecule has 0 saturated carbocycles. The molecule has 22 heavy (non-hydrogen) atoms. The summed E-state index contributed by atoms with van der Waals surface area (Å²) in [5, 5.41) is 0. The van der Waals surface area contributed by atoms with Gasteiger partial charge in [-0.2, -0.15) is 0 Å². The summed E-state index contributed by atoms with van der Waals surface area (Å²) < 4.78 is 0. The van der Waals surface area contributed by atoms with Crippen molar-refractivity contribution in [2.24, 2.45) is 11.5 Å². The van der Waals surface area contributed by atoms with E-state index in [-0.39, 0.29) is 23.8 Å². The number of amides is 2. The number of anilines is 1. The highest BCUT2D eigenvalue weighted by Crippen LogP contribution is 2.46. The number of hydrogen-bond donors (Lipinski definition) is 2. The normalized spacial score (nSPS) is 20.1. The maximum atomic E-state index is 11.3. The van der Waals surface area contributed by atoms with Gasteiger partial charge >= 0.3 is 0 Å². The van der Waals surface area contributed by atoms with E-state index in [0.29, 0.717) is 6.54 Å². The third-order valence-electron chi connectivity index (χ3n) is 4.85.